The van der Waals surface area contributed by atoms with Crippen LogP contribution >= 0.6 is 0 Å². The Kier molecular flexibility index (Phi) is 4.75. The number of hydrogen-bond acceptors (Lipinski definition) is 4. The van der Waals surface area contributed by atoms with Crippen LogP contribution in [0.4, 0.5) is 5.95 Å². The zero-order chi connectivity index (χ0) is 12.0. The number of nitrogen functional groups attached to an aromatic ring is 1. The number of carbonyl (C=O) groups excluding carboxylic acids is 1. The topological polar surface area (TPSA) is 85.8 Å². The molecule has 6 heteroatoms. The van der Waals surface area contributed by atoms with E-state index in [1.165, 1.54) is 11.0 Å². The molecular weight excluding hydrogens is 206 g/mol. The van der Waals surface area contributed by atoms with Gasteiger partial charge >= 0.3 is 0 Å². The Morgan fingerprint density at radius 2 is 2.38 bits per heavy atom. The van der Waals surface area contributed by atoms with Crippen molar-refractivity contribution in [2.75, 3.05) is 12.3 Å². The molecule has 16 heavy (non-hydrogen) atoms. The molecule has 0 fully saturated rings. The van der Waals surface area contributed by atoms with E-state index in [9.17, 15) is 4.79 Å². The number of amides is 1. The number of nitrogens with zero attached hydrogens (tertiary/aromatic N) is 3. The molecule has 0 radical (unpaired) electrons. The van der Waals surface area contributed by atoms with E-state index < -0.39 is 0 Å². The van der Waals surface area contributed by atoms with E-state index in [1.54, 1.807) is 6.92 Å². The fraction of sp³-hybridized carbons (Fsp3) is 0.700. The lowest BCUT2D eigenvalue weighted by Crippen LogP contribution is -2.32. The molecule has 3 N–H and O–H groups in total. The highest BCUT2D eigenvalue weighted by molar-refractivity contribution is 5.79. The van der Waals surface area contributed by atoms with Gasteiger partial charge in [-0.3, -0.25) is 4.79 Å². The number of rotatable bonds is 6. The molecule has 6 nitrogen and oxygen atoms in total. The van der Waals surface area contributed by atoms with Crippen molar-refractivity contribution in [3.63, 3.8) is 0 Å². The van der Waals surface area contributed by atoms with E-state index in [1.807, 2.05) is 0 Å². The van der Waals surface area contributed by atoms with E-state index >= 15 is 0 Å². The Labute approximate surface area is 95.2 Å². The monoisotopic (exact) mass is 225 g/mol. The minimum absolute atomic E-state index is 0.0546. The fourth-order valence-corrected chi connectivity index (χ4v) is 1.33. The van der Waals surface area contributed by atoms with Crippen LogP contribution in [0.15, 0.2) is 6.33 Å². The summed E-state index contributed by atoms with van der Waals surface area (Å²) < 4.78 is 1.46. The number of aromatic nitrogens is 3. The molecule has 1 atom stereocenters. The predicted octanol–water partition coefficient (Wildman–Crippen LogP) is 0.728. The third-order valence-corrected chi connectivity index (χ3v) is 2.38. The Bertz CT molecular complexity index is 336. The minimum atomic E-state index is -0.369. The minimum Gasteiger partial charge on any atom is -0.367 e. The summed E-state index contributed by atoms with van der Waals surface area (Å²) in [6.07, 6.45) is 4.75. The molecule has 0 saturated carbocycles. The van der Waals surface area contributed by atoms with Crippen molar-refractivity contribution in [1.29, 1.82) is 0 Å². The SMILES string of the molecule is CCCCCNC(=O)C(C)n1cnc(N)n1. The number of nitrogens with one attached hydrogen (secondary N) is 1. The van der Waals surface area contributed by atoms with Crippen LogP contribution in [0.25, 0.3) is 0 Å². The Balaban J connectivity index is 2.36. The van der Waals surface area contributed by atoms with Gasteiger partial charge in [0.2, 0.25) is 11.9 Å². The first-order chi connectivity index (χ1) is 7.65. The molecule has 0 aliphatic carbocycles. The maximum Gasteiger partial charge on any atom is 0.244 e. The van der Waals surface area contributed by atoms with Gasteiger partial charge in [0.05, 0.1) is 0 Å². The number of unbranched alkanes of at least 4 members (excludes halogenated alkanes) is 2. The second kappa shape index (κ2) is 6.09. The van der Waals surface area contributed by atoms with E-state index in [4.69, 9.17) is 5.73 Å². The average Bonchev–Trinajstić information content (AvgIpc) is 2.70. The molecular formula is C10H19N5O. The van der Waals surface area contributed by atoms with Crippen LogP contribution < -0.4 is 11.1 Å². The van der Waals surface area contributed by atoms with Crippen molar-refractivity contribution < 1.29 is 4.79 Å². The van der Waals surface area contributed by atoms with Gasteiger partial charge < -0.3 is 11.1 Å². The molecule has 1 amide bonds. The van der Waals surface area contributed by atoms with Gasteiger partial charge in [-0.1, -0.05) is 19.8 Å². The van der Waals surface area contributed by atoms with Crippen molar-refractivity contribution in [2.45, 2.75) is 39.2 Å². The van der Waals surface area contributed by atoms with Gasteiger partial charge in [0, 0.05) is 6.54 Å². The van der Waals surface area contributed by atoms with Crippen LogP contribution in [0, 0.1) is 0 Å². The summed E-state index contributed by atoms with van der Waals surface area (Å²) >= 11 is 0. The highest BCUT2D eigenvalue weighted by atomic mass is 16.2. The second-order valence-electron chi connectivity index (χ2n) is 3.76. The third-order valence-electron chi connectivity index (χ3n) is 2.38. The van der Waals surface area contributed by atoms with Crippen LogP contribution in [0.1, 0.15) is 39.2 Å². The molecule has 1 unspecified atom stereocenters. The first kappa shape index (κ1) is 12.5. The van der Waals surface area contributed by atoms with Crippen LogP contribution in [0.3, 0.4) is 0 Å². The van der Waals surface area contributed by atoms with E-state index in [2.05, 4.69) is 22.3 Å². The number of hydrogen-bond donors (Lipinski definition) is 2. The largest absolute Gasteiger partial charge is 0.367 e. The highest BCUT2D eigenvalue weighted by Crippen LogP contribution is 2.04. The molecule has 1 heterocycles. The highest BCUT2D eigenvalue weighted by Gasteiger charge is 2.15. The standard InChI is InChI=1S/C10H19N5O/c1-3-4-5-6-12-9(16)8(2)15-7-13-10(11)14-15/h7-8H,3-6H2,1-2H3,(H2,11,14)(H,12,16). The lowest BCUT2D eigenvalue weighted by molar-refractivity contribution is -0.124. The van der Waals surface area contributed by atoms with Crippen molar-refractivity contribution in [3.05, 3.63) is 6.33 Å². The van der Waals surface area contributed by atoms with Crippen molar-refractivity contribution >= 4 is 11.9 Å². The molecule has 0 aliphatic heterocycles. The lowest BCUT2D eigenvalue weighted by atomic mass is 10.2. The van der Waals surface area contributed by atoms with Gasteiger partial charge in [0.15, 0.2) is 0 Å². The Morgan fingerprint density at radius 3 is 2.94 bits per heavy atom. The van der Waals surface area contributed by atoms with E-state index in [-0.39, 0.29) is 17.9 Å². The summed E-state index contributed by atoms with van der Waals surface area (Å²) in [7, 11) is 0. The Hall–Kier alpha value is -1.59. The third kappa shape index (κ3) is 3.52. The maximum absolute atomic E-state index is 11.7. The summed E-state index contributed by atoms with van der Waals surface area (Å²) in [5.41, 5.74) is 5.38. The maximum atomic E-state index is 11.7. The van der Waals surface area contributed by atoms with Gasteiger partial charge in [-0.25, -0.2) is 9.67 Å². The average molecular weight is 225 g/mol. The zero-order valence-corrected chi connectivity index (χ0v) is 9.81. The van der Waals surface area contributed by atoms with Gasteiger partial charge in [0.1, 0.15) is 12.4 Å². The van der Waals surface area contributed by atoms with Gasteiger partial charge in [-0.2, -0.15) is 0 Å². The summed E-state index contributed by atoms with van der Waals surface area (Å²) in [6, 6.07) is -0.369. The van der Waals surface area contributed by atoms with E-state index in [0.717, 1.165) is 19.3 Å². The lowest BCUT2D eigenvalue weighted by Gasteiger charge is -2.11. The van der Waals surface area contributed by atoms with Crippen LogP contribution in [-0.2, 0) is 4.79 Å². The first-order valence-electron chi connectivity index (χ1n) is 5.59. The van der Waals surface area contributed by atoms with Crippen molar-refractivity contribution in [1.82, 2.24) is 20.1 Å². The van der Waals surface area contributed by atoms with Gasteiger partial charge in [-0.15, -0.1) is 5.10 Å². The van der Waals surface area contributed by atoms with Gasteiger partial charge in [0.25, 0.3) is 0 Å². The van der Waals surface area contributed by atoms with Crippen LogP contribution in [0.5, 0.6) is 0 Å². The molecule has 1 rings (SSSR count). The van der Waals surface area contributed by atoms with E-state index in [0.29, 0.717) is 6.54 Å². The molecule has 0 saturated heterocycles. The normalized spacial score (nSPS) is 12.4. The Morgan fingerprint density at radius 1 is 1.62 bits per heavy atom. The second-order valence-corrected chi connectivity index (χ2v) is 3.76. The summed E-state index contributed by atoms with van der Waals surface area (Å²) in [4.78, 5) is 15.5. The summed E-state index contributed by atoms with van der Waals surface area (Å²) in [5.74, 6) is 0.131. The van der Waals surface area contributed by atoms with Crippen molar-refractivity contribution in [3.8, 4) is 0 Å². The molecule has 1 aromatic rings. The smallest absolute Gasteiger partial charge is 0.244 e. The number of anilines is 1. The van der Waals surface area contributed by atoms with Crippen LogP contribution in [0.2, 0.25) is 0 Å². The molecule has 0 aliphatic rings. The molecule has 0 bridgehead atoms. The van der Waals surface area contributed by atoms with Crippen molar-refractivity contribution in [2.24, 2.45) is 0 Å². The summed E-state index contributed by atoms with van der Waals surface area (Å²) in [5, 5.41) is 6.76. The molecule has 1 aromatic heterocycles. The molecule has 0 spiro atoms. The zero-order valence-electron chi connectivity index (χ0n) is 9.81. The molecule has 0 aromatic carbocycles. The molecule has 90 valence electrons. The number of carbonyl (C=O) groups is 1. The number of nitrogens with two attached hydrogens (primary N) is 1. The summed E-state index contributed by atoms with van der Waals surface area (Å²) in [6.45, 7) is 4.60. The van der Waals surface area contributed by atoms with Crippen LogP contribution in [-0.4, -0.2) is 27.2 Å². The van der Waals surface area contributed by atoms with Gasteiger partial charge in [-0.05, 0) is 13.3 Å². The quantitative estimate of drug-likeness (QED) is 0.699. The first-order valence-corrected chi connectivity index (χ1v) is 5.59. The fourth-order valence-electron chi connectivity index (χ4n) is 1.33. The predicted molar refractivity (Wildman–Crippen MR) is 61.7 cm³/mol.